The van der Waals surface area contributed by atoms with Crippen molar-refractivity contribution in [1.82, 2.24) is 15.1 Å². The zero-order chi connectivity index (χ0) is 15.1. The van der Waals surface area contributed by atoms with Crippen LogP contribution in [0.5, 0.6) is 0 Å². The first-order valence-electron chi connectivity index (χ1n) is 6.87. The summed E-state index contributed by atoms with van der Waals surface area (Å²) in [5.74, 6) is 0.437. The summed E-state index contributed by atoms with van der Waals surface area (Å²) in [5, 5.41) is 7.26. The van der Waals surface area contributed by atoms with Crippen molar-refractivity contribution in [3.05, 3.63) is 66.0 Å². The number of nitrogens with zero attached hydrogens (tertiary/aromatic N) is 3. The van der Waals surface area contributed by atoms with Crippen LogP contribution in [0, 0.1) is 0 Å². The molecule has 0 fully saturated rings. The van der Waals surface area contributed by atoms with Gasteiger partial charge in [-0.15, -0.1) is 24.0 Å². The lowest BCUT2D eigenvalue weighted by atomic mass is 10.1. The molecular formula is C16H22IN5. The van der Waals surface area contributed by atoms with E-state index < -0.39 is 0 Å². The van der Waals surface area contributed by atoms with Crippen LogP contribution >= 0.6 is 24.0 Å². The van der Waals surface area contributed by atoms with E-state index in [0.717, 1.165) is 17.7 Å². The fourth-order valence-electron chi connectivity index (χ4n) is 1.90. The molecule has 0 aliphatic heterocycles. The third-order valence-electron chi connectivity index (χ3n) is 3.00. The average molecular weight is 411 g/mol. The second-order valence-electron chi connectivity index (χ2n) is 4.98. The molecule has 0 aliphatic rings. The van der Waals surface area contributed by atoms with E-state index in [-0.39, 0.29) is 24.0 Å². The van der Waals surface area contributed by atoms with Crippen LogP contribution in [0.3, 0.4) is 0 Å². The maximum atomic E-state index is 5.84. The van der Waals surface area contributed by atoms with E-state index >= 15 is 0 Å². The minimum atomic E-state index is 0. The molecule has 0 atom stereocenters. The topological polar surface area (TPSA) is 68.2 Å². The van der Waals surface area contributed by atoms with Crippen molar-refractivity contribution in [2.75, 3.05) is 6.54 Å². The Labute approximate surface area is 148 Å². The van der Waals surface area contributed by atoms with Crippen molar-refractivity contribution in [2.24, 2.45) is 10.7 Å². The van der Waals surface area contributed by atoms with Crippen molar-refractivity contribution in [3.8, 4) is 0 Å². The SMILES string of the molecule is C=C(C)CNC(N)=NCc1ccccc1Cn1cccn1.I. The zero-order valence-corrected chi connectivity index (χ0v) is 15.0. The van der Waals surface area contributed by atoms with E-state index in [1.165, 1.54) is 5.56 Å². The fourth-order valence-corrected chi connectivity index (χ4v) is 1.90. The molecule has 2 aromatic rings. The molecule has 5 nitrogen and oxygen atoms in total. The van der Waals surface area contributed by atoms with Gasteiger partial charge in [0.25, 0.3) is 0 Å². The number of hydrogen-bond donors (Lipinski definition) is 2. The molecule has 1 heterocycles. The first-order chi connectivity index (χ1) is 10.1. The molecule has 0 radical (unpaired) electrons. The van der Waals surface area contributed by atoms with Gasteiger partial charge < -0.3 is 11.1 Å². The summed E-state index contributed by atoms with van der Waals surface area (Å²) in [5.41, 5.74) is 9.20. The Morgan fingerprint density at radius 2 is 2.05 bits per heavy atom. The molecule has 22 heavy (non-hydrogen) atoms. The smallest absolute Gasteiger partial charge is 0.189 e. The van der Waals surface area contributed by atoms with E-state index in [9.17, 15) is 0 Å². The van der Waals surface area contributed by atoms with E-state index in [1.54, 1.807) is 6.20 Å². The molecule has 1 aromatic carbocycles. The predicted molar refractivity (Wildman–Crippen MR) is 101 cm³/mol. The van der Waals surface area contributed by atoms with Crippen LogP contribution < -0.4 is 11.1 Å². The van der Waals surface area contributed by atoms with Crippen LogP contribution in [0.25, 0.3) is 0 Å². The monoisotopic (exact) mass is 411 g/mol. The lowest BCUT2D eigenvalue weighted by Crippen LogP contribution is -2.32. The standard InChI is InChI=1S/C16H21N5.HI/c1-13(2)10-18-16(17)19-11-14-6-3-4-7-15(14)12-21-9-5-8-20-21;/h3-9H,1,10-12H2,2H3,(H3,17,18,19);1H. The number of rotatable bonds is 6. The van der Waals surface area contributed by atoms with Gasteiger partial charge in [-0.25, -0.2) is 4.99 Å². The van der Waals surface area contributed by atoms with Gasteiger partial charge in [-0.2, -0.15) is 5.10 Å². The number of nitrogens with two attached hydrogens (primary N) is 1. The van der Waals surface area contributed by atoms with E-state index in [2.05, 4.69) is 34.1 Å². The molecular weight excluding hydrogens is 389 g/mol. The number of halogens is 1. The number of benzene rings is 1. The second-order valence-corrected chi connectivity index (χ2v) is 4.98. The Hall–Kier alpha value is -1.83. The van der Waals surface area contributed by atoms with Crippen molar-refractivity contribution < 1.29 is 0 Å². The molecule has 2 rings (SSSR count). The Morgan fingerprint density at radius 1 is 1.32 bits per heavy atom. The lowest BCUT2D eigenvalue weighted by molar-refractivity contribution is 0.681. The van der Waals surface area contributed by atoms with Crippen LogP contribution in [0.1, 0.15) is 18.1 Å². The molecule has 1 aromatic heterocycles. The first kappa shape index (κ1) is 18.2. The summed E-state index contributed by atoms with van der Waals surface area (Å²) in [7, 11) is 0. The van der Waals surface area contributed by atoms with Crippen LogP contribution in [-0.2, 0) is 13.1 Å². The van der Waals surface area contributed by atoms with Crippen LogP contribution in [0.4, 0.5) is 0 Å². The highest BCUT2D eigenvalue weighted by Crippen LogP contribution is 2.11. The Kier molecular flexibility index (Phi) is 7.65. The van der Waals surface area contributed by atoms with E-state index in [4.69, 9.17) is 5.73 Å². The summed E-state index contributed by atoms with van der Waals surface area (Å²) in [6.45, 7) is 7.69. The largest absolute Gasteiger partial charge is 0.370 e. The number of guanidine groups is 1. The van der Waals surface area contributed by atoms with Crippen molar-refractivity contribution in [3.63, 3.8) is 0 Å². The zero-order valence-electron chi connectivity index (χ0n) is 12.7. The number of nitrogens with one attached hydrogen (secondary N) is 1. The third kappa shape index (κ3) is 5.88. The highest BCUT2D eigenvalue weighted by molar-refractivity contribution is 14.0. The third-order valence-corrected chi connectivity index (χ3v) is 3.00. The molecule has 3 N–H and O–H groups in total. The lowest BCUT2D eigenvalue weighted by Gasteiger charge is -2.09. The van der Waals surface area contributed by atoms with Crippen molar-refractivity contribution >= 4 is 29.9 Å². The highest BCUT2D eigenvalue weighted by atomic mass is 127. The van der Waals surface area contributed by atoms with Gasteiger partial charge in [0.2, 0.25) is 0 Å². The summed E-state index contributed by atoms with van der Waals surface area (Å²) < 4.78 is 1.89. The minimum Gasteiger partial charge on any atom is -0.370 e. The Morgan fingerprint density at radius 3 is 2.68 bits per heavy atom. The molecule has 0 spiro atoms. The molecule has 6 heteroatoms. The van der Waals surface area contributed by atoms with Crippen molar-refractivity contribution in [1.29, 1.82) is 0 Å². The maximum Gasteiger partial charge on any atom is 0.189 e. The Bertz CT molecular complexity index is 619. The van der Waals surface area contributed by atoms with Crippen LogP contribution in [0.2, 0.25) is 0 Å². The molecule has 0 saturated carbocycles. The van der Waals surface area contributed by atoms with Gasteiger partial charge in [0.05, 0.1) is 13.1 Å². The predicted octanol–water partition coefficient (Wildman–Crippen LogP) is 2.53. The minimum absolute atomic E-state index is 0. The van der Waals surface area contributed by atoms with Gasteiger partial charge >= 0.3 is 0 Å². The number of aromatic nitrogens is 2. The normalized spacial score (nSPS) is 10.9. The molecule has 0 aliphatic carbocycles. The fraction of sp³-hybridized carbons (Fsp3) is 0.250. The van der Waals surface area contributed by atoms with Gasteiger partial charge in [-0.05, 0) is 24.1 Å². The van der Waals surface area contributed by atoms with Gasteiger partial charge in [0, 0.05) is 18.9 Å². The molecule has 118 valence electrons. The van der Waals surface area contributed by atoms with Crippen molar-refractivity contribution in [2.45, 2.75) is 20.0 Å². The van der Waals surface area contributed by atoms with E-state index in [1.807, 2.05) is 36.0 Å². The summed E-state index contributed by atoms with van der Waals surface area (Å²) in [6, 6.07) is 10.1. The van der Waals surface area contributed by atoms with Gasteiger partial charge in [0.15, 0.2) is 5.96 Å². The average Bonchev–Trinajstić information content (AvgIpc) is 2.97. The second kappa shape index (κ2) is 9.24. The van der Waals surface area contributed by atoms with Gasteiger partial charge in [0.1, 0.15) is 0 Å². The molecule has 0 bridgehead atoms. The quantitative estimate of drug-likeness (QED) is 0.332. The Balaban J connectivity index is 0.00000242. The number of hydrogen-bond acceptors (Lipinski definition) is 2. The summed E-state index contributed by atoms with van der Waals surface area (Å²) in [4.78, 5) is 4.37. The highest BCUT2D eigenvalue weighted by Gasteiger charge is 2.02. The molecule has 0 saturated heterocycles. The van der Waals surface area contributed by atoms with Gasteiger partial charge in [-0.1, -0.05) is 36.4 Å². The molecule has 0 amide bonds. The maximum absolute atomic E-state index is 5.84. The summed E-state index contributed by atoms with van der Waals surface area (Å²) >= 11 is 0. The summed E-state index contributed by atoms with van der Waals surface area (Å²) in [6.07, 6.45) is 3.73. The molecule has 0 unspecified atom stereocenters. The van der Waals surface area contributed by atoms with Crippen LogP contribution in [0.15, 0.2) is 59.9 Å². The first-order valence-corrected chi connectivity index (χ1v) is 6.87. The van der Waals surface area contributed by atoms with E-state index in [0.29, 0.717) is 19.0 Å². The number of aliphatic imine (C=N–C) groups is 1. The van der Waals surface area contributed by atoms with Crippen LogP contribution in [-0.4, -0.2) is 22.3 Å². The van der Waals surface area contributed by atoms with Gasteiger partial charge in [-0.3, -0.25) is 4.68 Å².